The quantitative estimate of drug-likeness (QED) is 0.528. The van der Waals surface area contributed by atoms with E-state index in [4.69, 9.17) is 4.74 Å². The van der Waals surface area contributed by atoms with Crippen molar-refractivity contribution in [2.45, 2.75) is 25.9 Å². The minimum Gasteiger partial charge on any atom is -0.492 e. The number of hydrogen-bond acceptors (Lipinski definition) is 5. The Morgan fingerprint density at radius 2 is 1.86 bits per heavy atom. The summed E-state index contributed by atoms with van der Waals surface area (Å²) in [7, 11) is 1.79. The maximum atomic E-state index is 12.5. The van der Waals surface area contributed by atoms with Crippen LogP contribution in [0.1, 0.15) is 17.0 Å². The van der Waals surface area contributed by atoms with Gasteiger partial charge < -0.3 is 9.64 Å². The van der Waals surface area contributed by atoms with E-state index in [0.717, 1.165) is 28.0 Å². The van der Waals surface area contributed by atoms with Crippen LogP contribution in [0.3, 0.4) is 0 Å². The molecular formula is C22H26N4O2S. The molecule has 0 fully saturated rings. The second kappa shape index (κ2) is 9.60. The van der Waals surface area contributed by atoms with Gasteiger partial charge in [-0.05, 0) is 50.1 Å². The highest BCUT2D eigenvalue weighted by Gasteiger charge is 2.16. The fourth-order valence-corrected chi connectivity index (χ4v) is 3.78. The van der Waals surface area contributed by atoms with Gasteiger partial charge in [0.2, 0.25) is 5.91 Å². The van der Waals surface area contributed by atoms with Gasteiger partial charge in [-0.3, -0.25) is 9.36 Å². The number of rotatable bonds is 8. The highest BCUT2D eigenvalue weighted by molar-refractivity contribution is 7.99. The molecule has 0 radical (unpaired) electrons. The fourth-order valence-electron chi connectivity index (χ4n) is 2.85. The predicted octanol–water partition coefficient (Wildman–Crippen LogP) is 3.82. The Balaban J connectivity index is 1.58. The molecule has 2 aromatic carbocycles. The van der Waals surface area contributed by atoms with Gasteiger partial charge in [0.25, 0.3) is 0 Å². The van der Waals surface area contributed by atoms with Crippen molar-refractivity contribution < 1.29 is 9.53 Å². The summed E-state index contributed by atoms with van der Waals surface area (Å²) in [6.07, 6.45) is 0. The molecule has 0 spiro atoms. The molecule has 1 heterocycles. The molecule has 0 N–H and O–H groups in total. The minimum absolute atomic E-state index is 0.0276. The SMILES string of the molecule is Cc1ccc(C)c(-n2c(C)nnc2SCC(=O)N(C)CCOc2ccccc2)c1. The van der Waals surface area contributed by atoms with Crippen molar-refractivity contribution in [3.63, 3.8) is 0 Å². The van der Waals surface area contributed by atoms with Gasteiger partial charge in [0.15, 0.2) is 5.16 Å². The number of hydrogen-bond donors (Lipinski definition) is 0. The topological polar surface area (TPSA) is 60.2 Å². The van der Waals surface area contributed by atoms with Gasteiger partial charge in [0.1, 0.15) is 18.2 Å². The van der Waals surface area contributed by atoms with Gasteiger partial charge >= 0.3 is 0 Å². The second-order valence-electron chi connectivity index (χ2n) is 6.92. The Labute approximate surface area is 175 Å². The third kappa shape index (κ3) is 5.38. The van der Waals surface area contributed by atoms with E-state index in [2.05, 4.69) is 42.2 Å². The number of carbonyl (C=O) groups excluding carboxylic acids is 1. The number of aromatic nitrogens is 3. The van der Waals surface area contributed by atoms with Crippen LogP contribution in [0.2, 0.25) is 0 Å². The summed E-state index contributed by atoms with van der Waals surface area (Å²) in [6, 6.07) is 15.9. The van der Waals surface area contributed by atoms with Crippen molar-refractivity contribution in [1.29, 1.82) is 0 Å². The van der Waals surface area contributed by atoms with Crippen LogP contribution in [0.5, 0.6) is 5.75 Å². The maximum Gasteiger partial charge on any atom is 0.232 e. The number of thioether (sulfide) groups is 1. The highest BCUT2D eigenvalue weighted by Crippen LogP contribution is 2.25. The Morgan fingerprint density at radius 3 is 2.62 bits per heavy atom. The fraction of sp³-hybridized carbons (Fsp3) is 0.318. The lowest BCUT2D eigenvalue weighted by molar-refractivity contribution is -0.127. The Hall–Kier alpha value is -2.80. The molecule has 29 heavy (non-hydrogen) atoms. The number of nitrogens with zero attached hydrogens (tertiary/aromatic N) is 4. The van der Waals surface area contributed by atoms with Gasteiger partial charge in [-0.1, -0.05) is 42.1 Å². The van der Waals surface area contributed by atoms with Crippen LogP contribution in [-0.4, -0.2) is 51.5 Å². The van der Waals surface area contributed by atoms with E-state index in [1.807, 2.05) is 41.8 Å². The molecule has 7 heteroatoms. The summed E-state index contributed by atoms with van der Waals surface area (Å²) in [5.41, 5.74) is 3.36. The average Bonchev–Trinajstić information content (AvgIpc) is 3.09. The van der Waals surface area contributed by atoms with Crippen LogP contribution in [0.15, 0.2) is 53.7 Å². The molecule has 0 saturated carbocycles. The van der Waals surface area contributed by atoms with Crippen LogP contribution in [0, 0.1) is 20.8 Å². The Morgan fingerprint density at radius 1 is 1.10 bits per heavy atom. The minimum atomic E-state index is 0.0276. The van der Waals surface area contributed by atoms with Gasteiger partial charge in [0, 0.05) is 7.05 Å². The molecule has 0 saturated heterocycles. The summed E-state index contributed by atoms with van der Waals surface area (Å²) in [5.74, 6) is 1.93. The lowest BCUT2D eigenvalue weighted by atomic mass is 10.1. The molecule has 1 aromatic heterocycles. The van der Waals surface area contributed by atoms with Crippen LogP contribution in [0.4, 0.5) is 0 Å². The average molecular weight is 411 g/mol. The molecule has 6 nitrogen and oxygen atoms in total. The van der Waals surface area contributed by atoms with Gasteiger partial charge in [-0.25, -0.2) is 0 Å². The lowest BCUT2D eigenvalue weighted by Crippen LogP contribution is -2.32. The van der Waals surface area contributed by atoms with Gasteiger partial charge in [-0.15, -0.1) is 10.2 Å². The zero-order valence-corrected chi connectivity index (χ0v) is 18.1. The number of carbonyl (C=O) groups is 1. The van der Waals surface area contributed by atoms with Crippen LogP contribution in [0.25, 0.3) is 5.69 Å². The zero-order chi connectivity index (χ0) is 20.8. The molecule has 0 aliphatic carbocycles. The molecule has 1 amide bonds. The third-order valence-corrected chi connectivity index (χ3v) is 5.50. The summed E-state index contributed by atoms with van der Waals surface area (Å²) < 4.78 is 7.68. The lowest BCUT2D eigenvalue weighted by Gasteiger charge is -2.17. The van der Waals surface area contributed by atoms with Crippen molar-refractivity contribution in [1.82, 2.24) is 19.7 Å². The number of likely N-dealkylation sites (N-methyl/N-ethyl adjacent to an activating group) is 1. The van der Waals surface area contributed by atoms with E-state index in [1.54, 1.807) is 11.9 Å². The van der Waals surface area contributed by atoms with E-state index in [0.29, 0.717) is 18.9 Å². The molecule has 152 valence electrons. The highest BCUT2D eigenvalue weighted by atomic mass is 32.2. The van der Waals surface area contributed by atoms with E-state index in [1.165, 1.54) is 17.3 Å². The van der Waals surface area contributed by atoms with E-state index in [9.17, 15) is 4.79 Å². The number of amides is 1. The molecule has 0 unspecified atom stereocenters. The first-order chi connectivity index (χ1) is 14.0. The summed E-state index contributed by atoms with van der Waals surface area (Å²) in [4.78, 5) is 14.2. The summed E-state index contributed by atoms with van der Waals surface area (Å²) >= 11 is 1.40. The van der Waals surface area contributed by atoms with Gasteiger partial charge in [0.05, 0.1) is 18.0 Å². The first-order valence-electron chi connectivity index (χ1n) is 9.50. The molecule has 0 aliphatic heterocycles. The Bertz CT molecular complexity index is 972. The number of aryl methyl sites for hydroxylation is 3. The zero-order valence-electron chi connectivity index (χ0n) is 17.3. The van der Waals surface area contributed by atoms with Crippen LogP contribution in [-0.2, 0) is 4.79 Å². The van der Waals surface area contributed by atoms with E-state index < -0.39 is 0 Å². The van der Waals surface area contributed by atoms with Crippen molar-refractivity contribution in [2.75, 3.05) is 26.0 Å². The molecule has 0 atom stereocenters. The molecular weight excluding hydrogens is 384 g/mol. The number of ether oxygens (including phenoxy) is 1. The first-order valence-corrected chi connectivity index (χ1v) is 10.5. The van der Waals surface area contributed by atoms with Crippen molar-refractivity contribution in [2.24, 2.45) is 0 Å². The number of para-hydroxylation sites is 1. The van der Waals surface area contributed by atoms with Crippen molar-refractivity contribution in [3.8, 4) is 11.4 Å². The van der Waals surface area contributed by atoms with Gasteiger partial charge in [-0.2, -0.15) is 0 Å². The molecule has 0 bridgehead atoms. The molecule has 3 rings (SSSR count). The smallest absolute Gasteiger partial charge is 0.232 e. The number of benzene rings is 2. The van der Waals surface area contributed by atoms with Crippen molar-refractivity contribution in [3.05, 3.63) is 65.5 Å². The maximum absolute atomic E-state index is 12.5. The standard InChI is InChI=1S/C22H26N4O2S/c1-16-10-11-17(2)20(14-16)26-18(3)23-24-22(26)29-15-21(27)25(4)12-13-28-19-8-6-5-7-9-19/h5-11,14H,12-13,15H2,1-4H3. The summed E-state index contributed by atoms with van der Waals surface area (Å²) in [5, 5.41) is 9.21. The predicted molar refractivity (Wildman–Crippen MR) is 116 cm³/mol. The first kappa shape index (κ1) is 20.9. The monoisotopic (exact) mass is 410 g/mol. The summed E-state index contributed by atoms with van der Waals surface area (Å²) in [6.45, 7) is 7.03. The van der Waals surface area contributed by atoms with E-state index >= 15 is 0 Å². The Kier molecular flexibility index (Phi) is 6.93. The second-order valence-corrected chi connectivity index (χ2v) is 7.86. The third-order valence-electron chi connectivity index (χ3n) is 4.59. The largest absolute Gasteiger partial charge is 0.492 e. The normalized spacial score (nSPS) is 10.8. The molecule has 3 aromatic rings. The molecule has 0 aliphatic rings. The van der Waals surface area contributed by atoms with Crippen LogP contribution < -0.4 is 4.74 Å². The van der Waals surface area contributed by atoms with Crippen molar-refractivity contribution >= 4 is 17.7 Å². The van der Waals surface area contributed by atoms with Crippen LogP contribution >= 0.6 is 11.8 Å². The van der Waals surface area contributed by atoms with E-state index in [-0.39, 0.29) is 5.91 Å².